The molecule has 0 spiro atoms. The van der Waals surface area contributed by atoms with Gasteiger partial charge in [-0.15, -0.1) is 0 Å². The molecule has 240 valence electrons. The quantitative estimate of drug-likeness (QED) is 0.185. The van der Waals surface area contributed by atoms with Gasteiger partial charge in [-0.05, 0) is 83.8 Å². The van der Waals surface area contributed by atoms with E-state index < -0.39 is 0 Å². The van der Waals surface area contributed by atoms with E-state index in [1.807, 2.05) is 0 Å². The van der Waals surface area contributed by atoms with E-state index in [4.69, 9.17) is 0 Å². The van der Waals surface area contributed by atoms with Gasteiger partial charge in [0, 0.05) is 50.4 Å². The first-order chi connectivity index (χ1) is 25.3. The number of rotatable bonds is 4. The van der Waals surface area contributed by atoms with E-state index in [9.17, 15) is 0 Å². The summed E-state index contributed by atoms with van der Waals surface area (Å²) in [7, 11) is 0. The molecule has 0 bridgehead atoms. The average Bonchev–Trinajstić information content (AvgIpc) is 3.83. The van der Waals surface area contributed by atoms with Crippen LogP contribution in [0.1, 0.15) is 22.7 Å². The Balaban J connectivity index is 1.10. The van der Waals surface area contributed by atoms with Gasteiger partial charge in [-0.1, -0.05) is 121 Å². The van der Waals surface area contributed by atoms with Crippen molar-refractivity contribution in [3.8, 4) is 22.5 Å². The van der Waals surface area contributed by atoms with Crippen molar-refractivity contribution in [1.82, 2.24) is 9.13 Å². The predicted molar refractivity (Wildman–Crippen MR) is 212 cm³/mol. The summed E-state index contributed by atoms with van der Waals surface area (Å²) >= 11 is 0. The summed E-state index contributed by atoms with van der Waals surface area (Å²) in [6, 6.07) is 64.2. The maximum absolute atomic E-state index is 2.52. The van der Waals surface area contributed by atoms with Gasteiger partial charge in [-0.25, -0.2) is 0 Å². The Labute approximate surface area is 296 Å². The van der Waals surface area contributed by atoms with E-state index in [0.717, 1.165) is 6.42 Å². The molecule has 2 aromatic heterocycles. The number of nitrogens with zero attached hydrogens (tertiary/aromatic N) is 3. The van der Waals surface area contributed by atoms with Crippen molar-refractivity contribution >= 4 is 50.2 Å². The van der Waals surface area contributed by atoms with Gasteiger partial charge in [0.1, 0.15) is 0 Å². The third-order valence-corrected chi connectivity index (χ3v) is 11.0. The van der Waals surface area contributed by atoms with Crippen LogP contribution in [0.25, 0.3) is 61.3 Å². The van der Waals surface area contributed by atoms with Gasteiger partial charge < -0.3 is 14.0 Å². The Hall–Kier alpha value is -6.58. The van der Waals surface area contributed by atoms with Gasteiger partial charge in [0.25, 0.3) is 0 Å². The summed E-state index contributed by atoms with van der Waals surface area (Å²) in [5.74, 6) is 0.275. The minimum atomic E-state index is 0.275. The highest BCUT2D eigenvalue weighted by Crippen LogP contribution is 2.53. The van der Waals surface area contributed by atoms with Gasteiger partial charge >= 0.3 is 0 Å². The molecular formula is C48H33N3. The van der Waals surface area contributed by atoms with Crippen molar-refractivity contribution in [3.05, 3.63) is 198 Å². The summed E-state index contributed by atoms with van der Waals surface area (Å²) in [4.78, 5) is 2.52. The second-order valence-corrected chi connectivity index (χ2v) is 13.7. The van der Waals surface area contributed by atoms with E-state index in [2.05, 4.69) is 196 Å². The van der Waals surface area contributed by atoms with Gasteiger partial charge in [-0.2, -0.15) is 0 Å². The highest BCUT2D eigenvalue weighted by atomic mass is 15.2. The van der Waals surface area contributed by atoms with Gasteiger partial charge in [-0.3, -0.25) is 0 Å². The van der Waals surface area contributed by atoms with E-state index in [0.29, 0.717) is 0 Å². The first-order valence-electron chi connectivity index (χ1n) is 17.8. The molecule has 0 saturated carbocycles. The van der Waals surface area contributed by atoms with E-state index in [1.54, 1.807) is 0 Å². The first-order valence-corrected chi connectivity index (χ1v) is 17.8. The van der Waals surface area contributed by atoms with Crippen molar-refractivity contribution in [1.29, 1.82) is 0 Å². The third kappa shape index (κ3) is 4.12. The molecule has 51 heavy (non-hydrogen) atoms. The molecule has 1 aliphatic carbocycles. The lowest BCUT2D eigenvalue weighted by Crippen LogP contribution is -2.18. The number of para-hydroxylation sites is 6. The standard InChI is InChI=1S/C48H33N3/c1-2-16-33(17-3-1)49-43-25-10-7-22-38(43)40-30-41-39-23-8-11-26-44(39)50(48(41)31-47(40)49)34-18-14-15-32(29-34)35-19-4-9-24-42(35)51-45-27-12-5-20-36(45)37-21-6-13-28-46(37)51/h1-29,31,41H,30H2. The molecule has 2 aliphatic rings. The Morgan fingerprint density at radius 1 is 0.451 bits per heavy atom. The largest absolute Gasteiger partial charge is 0.313 e. The van der Waals surface area contributed by atoms with E-state index in [1.165, 1.54) is 89.1 Å². The SMILES string of the molecule is C1=C2C(Cc3c1n(-c1ccccc1)c1ccccc31)c1ccccc1N2c1cccc(-c2ccccc2-n2c3ccccc3c3ccccc32)c1. The number of anilines is 2. The third-order valence-electron chi connectivity index (χ3n) is 11.0. The maximum Gasteiger partial charge on any atom is 0.0541 e. The fourth-order valence-electron chi connectivity index (χ4n) is 8.91. The summed E-state index contributed by atoms with van der Waals surface area (Å²) in [6.45, 7) is 0. The lowest BCUT2D eigenvalue weighted by molar-refractivity contribution is 0.796. The molecule has 11 rings (SSSR count). The molecule has 0 N–H and O–H groups in total. The molecule has 7 aromatic carbocycles. The van der Waals surface area contributed by atoms with E-state index in [-0.39, 0.29) is 5.92 Å². The summed E-state index contributed by atoms with van der Waals surface area (Å²) in [6.07, 6.45) is 3.43. The smallest absolute Gasteiger partial charge is 0.0541 e. The van der Waals surface area contributed by atoms with E-state index >= 15 is 0 Å². The molecule has 3 heteroatoms. The monoisotopic (exact) mass is 651 g/mol. The number of hydrogen-bond acceptors (Lipinski definition) is 1. The van der Waals surface area contributed by atoms with Gasteiger partial charge in [0.05, 0.1) is 27.9 Å². The molecular weight excluding hydrogens is 619 g/mol. The van der Waals surface area contributed by atoms with Crippen LogP contribution in [0.15, 0.2) is 182 Å². The lowest BCUT2D eigenvalue weighted by atomic mass is 9.86. The lowest BCUT2D eigenvalue weighted by Gasteiger charge is -2.27. The molecule has 9 aromatic rings. The minimum Gasteiger partial charge on any atom is -0.313 e. The zero-order chi connectivity index (χ0) is 33.5. The van der Waals surface area contributed by atoms with Gasteiger partial charge in [0.2, 0.25) is 0 Å². The molecule has 3 heterocycles. The predicted octanol–water partition coefficient (Wildman–Crippen LogP) is 12.2. The summed E-state index contributed by atoms with van der Waals surface area (Å²) in [5, 5.41) is 3.88. The Kier molecular flexibility index (Phi) is 6.08. The molecule has 1 atom stereocenters. The minimum absolute atomic E-state index is 0.275. The van der Waals surface area contributed by atoms with Crippen molar-refractivity contribution in [2.24, 2.45) is 0 Å². The second-order valence-electron chi connectivity index (χ2n) is 13.7. The Morgan fingerprint density at radius 3 is 1.80 bits per heavy atom. The van der Waals surface area contributed by atoms with Crippen LogP contribution in [-0.2, 0) is 6.42 Å². The zero-order valence-electron chi connectivity index (χ0n) is 27.9. The highest BCUT2D eigenvalue weighted by molar-refractivity contribution is 6.09. The van der Waals surface area contributed by atoms with Crippen LogP contribution in [0.3, 0.4) is 0 Å². The molecule has 1 aliphatic heterocycles. The normalized spacial score (nSPS) is 14.9. The van der Waals surface area contributed by atoms with Crippen LogP contribution in [-0.4, -0.2) is 9.13 Å². The fraction of sp³-hybridized carbons (Fsp3) is 0.0417. The molecule has 0 amide bonds. The molecule has 0 radical (unpaired) electrons. The number of allylic oxidation sites excluding steroid dienone is 1. The van der Waals surface area contributed by atoms with Crippen molar-refractivity contribution in [3.63, 3.8) is 0 Å². The number of hydrogen-bond donors (Lipinski definition) is 0. The number of aromatic nitrogens is 2. The summed E-state index contributed by atoms with van der Waals surface area (Å²) < 4.78 is 4.88. The Bertz CT molecular complexity index is 2800. The molecule has 0 fully saturated rings. The Morgan fingerprint density at radius 2 is 1.04 bits per heavy atom. The average molecular weight is 652 g/mol. The topological polar surface area (TPSA) is 13.1 Å². The zero-order valence-corrected chi connectivity index (χ0v) is 27.9. The van der Waals surface area contributed by atoms with Crippen molar-refractivity contribution < 1.29 is 0 Å². The van der Waals surface area contributed by atoms with Crippen LogP contribution < -0.4 is 4.90 Å². The second kappa shape index (κ2) is 11.0. The van der Waals surface area contributed by atoms with Gasteiger partial charge in [0.15, 0.2) is 0 Å². The van der Waals surface area contributed by atoms with Crippen molar-refractivity contribution in [2.45, 2.75) is 12.3 Å². The van der Waals surface area contributed by atoms with Crippen molar-refractivity contribution in [2.75, 3.05) is 4.90 Å². The summed E-state index contributed by atoms with van der Waals surface area (Å²) in [5.41, 5.74) is 16.3. The van der Waals surface area contributed by atoms with Crippen LogP contribution in [0.5, 0.6) is 0 Å². The highest BCUT2D eigenvalue weighted by Gasteiger charge is 2.39. The first kappa shape index (κ1) is 28.3. The maximum atomic E-state index is 2.52. The van der Waals surface area contributed by atoms with Crippen LogP contribution in [0.2, 0.25) is 0 Å². The van der Waals surface area contributed by atoms with Crippen LogP contribution in [0.4, 0.5) is 11.4 Å². The fourth-order valence-corrected chi connectivity index (χ4v) is 8.91. The van der Waals surface area contributed by atoms with Crippen LogP contribution >= 0.6 is 0 Å². The van der Waals surface area contributed by atoms with Crippen LogP contribution in [0, 0.1) is 0 Å². The number of fused-ring (bicyclic) bond motifs is 9. The molecule has 1 unspecified atom stereocenters. The molecule has 3 nitrogen and oxygen atoms in total. The number of benzene rings is 7. The molecule has 0 saturated heterocycles.